The zero-order chi connectivity index (χ0) is 12.1. The van der Waals surface area contributed by atoms with Crippen molar-refractivity contribution in [1.29, 1.82) is 0 Å². The molecule has 88 valence electrons. The minimum absolute atomic E-state index is 0.154. The molecule has 0 radical (unpaired) electrons. The number of carboxylic acid groups (broad SMARTS) is 1. The molecular formula is C10H14N2O4. The topological polar surface area (TPSA) is 95.5 Å². The third-order valence-electron chi connectivity index (χ3n) is 2.09. The average molecular weight is 226 g/mol. The van der Waals surface area contributed by atoms with E-state index in [4.69, 9.17) is 5.11 Å². The Balaban J connectivity index is 2.57. The van der Waals surface area contributed by atoms with Gasteiger partial charge in [0.1, 0.15) is 0 Å². The number of nitrogens with one attached hydrogen (secondary N) is 2. The summed E-state index contributed by atoms with van der Waals surface area (Å²) in [5, 5.41) is 14.3. The van der Waals surface area contributed by atoms with Gasteiger partial charge < -0.3 is 10.4 Å². The van der Waals surface area contributed by atoms with Crippen LogP contribution in [0.5, 0.6) is 0 Å². The maximum absolute atomic E-state index is 11.0. The highest BCUT2D eigenvalue weighted by molar-refractivity contribution is 5.68. The van der Waals surface area contributed by atoms with Crippen LogP contribution in [-0.4, -0.2) is 23.8 Å². The molecule has 1 atom stereocenters. The molecule has 3 N–H and O–H groups in total. The number of carbonyl (C=O) groups is 1. The molecule has 0 amide bonds. The summed E-state index contributed by atoms with van der Waals surface area (Å²) < 4.78 is 0. The Morgan fingerprint density at radius 2 is 2.19 bits per heavy atom. The summed E-state index contributed by atoms with van der Waals surface area (Å²) in [6.07, 6.45) is 0.170. The van der Waals surface area contributed by atoms with Crippen LogP contribution in [-0.2, 0) is 4.79 Å². The van der Waals surface area contributed by atoms with Gasteiger partial charge in [-0.2, -0.15) is 0 Å². The molecule has 0 saturated heterocycles. The van der Waals surface area contributed by atoms with Gasteiger partial charge in [0.15, 0.2) is 0 Å². The summed E-state index contributed by atoms with van der Waals surface area (Å²) in [4.78, 5) is 32.2. The Morgan fingerprint density at radius 3 is 2.62 bits per heavy atom. The standard InChI is InChI=1S/C10H14N2O4/c1-2-3-11-8(5-9(14)15)12-6-4-7(13)10(6)16/h4,8,11-12H,2-3,5H2,1H3,(H,14,15). The SMILES string of the molecule is CCCNC(CC(=O)O)Nc1cc(=O)c1=O. The van der Waals surface area contributed by atoms with E-state index in [9.17, 15) is 14.4 Å². The maximum Gasteiger partial charge on any atom is 0.306 e. The number of aliphatic carboxylic acids is 1. The Kier molecular flexibility index (Phi) is 4.19. The number of hydrogen-bond donors (Lipinski definition) is 3. The smallest absolute Gasteiger partial charge is 0.306 e. The molecule has 0 aliphatic carbocycles. The summed E-state index contributed by atoms with van der Waals surface area (Å²) in [6, 6.07) is 1.17. The second kappa shape index (κ2) is 5.41. The fraction of sp³-hybridized carbons (Fsp3) is 0.500. The Bertz CT molecular complexity index is 434. The Labute approximate surface area is 92.0 Å². The number of anilines is 1. The lowest BCUT2D eigenvalue weighted by Crippen LogP contribution is -2.43. The third-order valence-corrected chi connectivity index (χ3v) is 2.09. The average Bonchev–Trinajstić information content (AvgIpc) is 2.24. The fourth-order valence-electron chi connectivity index (χ4n) is 1.28. The van der Waals surface area contributed by atoms with E-state index in [1.54, 1.807) is 0 Å². The summed E-state index contributed by atoms with van der Waals surface area (Å²) >= 11 is 0. The zero-order valence-electron chi connectivity index (χ0n) is 8.95. The molecule has 1 aromatic carbocycles. The normalized spacial score (nSPS) is 12.6. The van der Waals surface area contributed by atoms with Gasteiger partial charge in [-0.1, -0.05) is 6.92 Å². The monoisotopic (exact) mass is 226 g/mol. The third kappa shape index (κ3) is 3.16. The van der Waals surface area contributed by atoms with Crippen LogP contribution in [0.25, 0.3) is 0 Å². The first-order valence-electron chi connectivity index (χ1n) is 5.06. The molecule has 0 saturated carbocycles. The first kappa shape index (κ1) is 12.4. The van der Waals surface area contributed by atoms with Crippen molar-refractivity contribution < 1.29 is 9.90 Å². The van der Waals surface area contributed by atoms with E-state index in [1.165, 1.54) is 6.07 Å². The Morgan fingerprint density at radius 1 is 1.50 bits per heavy atom. The van der Waals surface area contributed by atoms with E-state index < -0.39 is 23.0 Å². The molecule has 0 spiro atoms. The summed E-state index contributed by atoms with van der Waals surface area (Å²) in [5.74, 6) is -0.972. The molecular weight excluding hydrogens is 212 g/mol. The van der Waals surface area contributed by atoms with Gasteiger partial charge in [-0.25, -0.2) is 0 Å². The molecule has 0 fully saturated rings. The summed E-state index contributed by atoms with van der Waals surface area (Å²) in [5.41, 5.74) is -0.958. The maximum atomic E-state index is 11.0. The van der Waals surface area contributed by atoms with Gasteiger partial charge in [-0.3, -0.25) is 19.7 Å². The van der Waals surface area contributed by atoms with Crippen molar-refractivity contribution in [3.63, 3.8) is 0 Å². The van der Waals surface area contributed by atoms with Crippen LogP contribution >= 0.6 is 0 Å². The molecule has 1 aromatic rings. The quantitative estimate of drug-likeness (QED) is 0.428. The Hall–Kier alpha value is -1.69. The van der Waals surface area contributed by atoms with E-state index >= 15 is 0 Å². The molecule has 0 heterocycles. The molecule has 16 heavy (non-hydrogen) atoms. The molecule has 1 unspecified atom stereocenters. The first-order valence-corrected chi connectivity index (χ1v) is 5.06. The van der Waals surface area contributed by atoms with Crippen molar-refractivity contribution in [3.8, 4) is 0 Å². The van der Waals surface area contributed by atoms with Crippen LogP contribution in [0, 0.1) is 0 Å². The highest BCUT2D eigenvalue weighted by Crippen LogP contribution is 2.01. The van der Waals surface area contributed by atoms with Crippen LogP contribution in [0.1, 0.15) is 19.8 Å². The van der Waals surface area contributed by atoms with Gasteiger partial charge in [0, 0.05) is 6.07 Å². The van der Waals surface area contributed by atoms with Crippen LogP contribution < -0.4 is 21.5 Å². The van der Waals surface area contributed by atoms with E-state index in [0.717, 1.165) is 6.42 Å². The lowest BCUT2D eigenvalue weighted by molar-refractivity contribution is -0.137. The zero-order valence-corrected chi connectivity index (χ0v) is 8.95. The second-order valence-electron chi connectivity index (χ2n) is 3.50. The molecule has 0 aliphatic rings. The van der Waals surface area contributed by atoms with Gasteiger partial charge in [0.25, 0.3) is 0 Å². The minimum Gasteiger partial charge on any atom is -0.481 e. The molecule has 0 aliphatic heterocycles. The van der Waals surface area contributed by atoms with Crippen molar-refractivity contribution >= 4 is 11.7 Å². The fourth-order valence-corrected chi connectivity index (χ4v) is 1.28. The summed E-state index contributed by atoms with van der Waals surface area (Å²) in [7, 11) is 0. The van der Waals surface area contributed by atoms with Gasteiger partial charge in [0.2, 0.25) is 10.9 Å². The van der Waals surface area contributed by atoms with Gasteiger partial charge >= 0.3 is 5.97 Å². The minimum atomic E-state index is -0.972. The summed E-state index contributed by atoms with van der Waals surface area (Å²) in [6.45, 7) is 2.59. The largest absolute Gasteiger partial charge is 0.481 e. The molecule has 6 heteroatoms. The van der Waals surface area contributed by atoms with Crippen LogP contribution in [0.15, 0.2) is 15.7 Å². The predicted molar refractivity (Wildman–Crippen MR) is 59.3 cm³/mol. The van der Waals surface area contributed by atoms with Crippen molar-refractivity contribution in [2.45, 2.75) is 25.9 Å². The molecule has 6 nitrogen and oxygen atoms in total. The molecule has 0 bridgehead atoms. The van der Waals surface area contributed by atoms with E-state index in [2.05, 4.69) is 10.6 Å². The van der Waals surface area contributed by atoms with Gasteiger partial charge in [-0.15, -0.1) is 0 Å². The van der Waals surface area contributed by atoms with Crippen molar-refractivity contribution in [2.24, 2.45) is 0 Å². The molecule has 0 aromatic heterocycles. The predicted octanol–water partition coefficient (Wildman–Crippen LogP) is -0.505. The first-order chi connectivity index (χ1) is 7.54. The van der Waals surface area contributed by atoms with Gasteiger partial charge in [0.05, 0.1) is 18.3 Å². The lowest BCUT2D eigenvalue weighted by atomic mass is 10.2. The van der Waals surface area contributed by atoms with Crippen molar-refractivity contribution in [3.05, 3.63) is 26.5 Å². The number of rotatable bonds is 7. The van der Waals surface area contributed by atoms with E-state index in [-0.39, 0.29) is 12.1 Å². The van der Waals surface area contributed by atoms with Gasteiger partial charge in [-0.05, 0) is 13.0 Å². The number of carboxylic acids is 1. The highest BCUT2D eigenvalue weighted by Gasteiger charge is 2.16. The van der Waals surface area contributed by atoms with E-state index in [1.807, 2.05) is 6.92 Å². The van der Waals surface area contributed by atoms with Crippen molar-refractivity contribution in [2.75, 3.05) is 11.9 Å². The van der Waals surface area contributed by atoms with E-state index in [0.29, 0.717) is 6.54 Å². The lowest BCUT2D eigenvalue weighted by Gasteiger charge is -2.19. The van der Waals surface area contributed by atoms with Crippen LogP contribution in [0.2, 0.25) is 0 Å². The highest BCUT2D eigenvalue weighted by atomic mass is 16.4. The second-order valence-corrected chi connectivity index (χ2v) is 3.50. The number of hydrogen-bond acceptors (Lipinski definition) is 5. The van der Waals surface area contributed by atoms with Crippen LogP contribution in [0.3, 0.4) is 0 Å². The van der Waals surface area contributed by atoms with Crippen molar-refractivity contribution in [1.82, 2.24) is 5.32 Å². The van der Waals surface area contributed by atoms with Crippen LogP contribution in [0.4, 0.5) is 5.69 Å². The molecule has 1 rings (SSSR count).